The molecule has 1 aromatic rings. The predicted octanol–water partition coefficient (Wildman–Crippen LogP) is 1.41. The van der Waals surface area contributed by atoms with Crippen LogP contribution in [0.15, 0.2) is 5.38 Å². The molecule has 0 bridgehead atoms. The van der Waals surface area contributed by atoms with Crippen LogP contribution in [0.25, 0.3) is 0 Å². The molecule has 0 aliphatic heterocycles. The summed E-state index contributed by atoms with van der Waals surface area (Å²) in [5.41, 5.74) is -0.118. The number of carbonyl (C=O) groups excluding carboxylic acids is 1. The Morgan fingerprint density at radius 1 is 1.47 bits per heavy atom. The zero-order valence-corrected chi connectivity index (χ0v) is 12.3. The van der Waals surface area contributed by atoms with Crippen molar-refractivity contribution in [2.75, 3.05) is 6.54 Å². The molecule has 106 valence electrons. The number of rotatable bonds is 5. The molecule has 0 fully saturated rings. The summed E-state index contributed by atoms with van der Waals surface area (Å²) in [5, 5.41) is 16.7. The second-order valence-corrected chi connectivity index (χ2v) is 6.16. The third-order valence-electron chi connectivity index (χ3n) is 2.27. The maximum Gasteiger partial charge on any atom is 0.355 e. The fourth-order valence-corrected chi connectivity index (χ4v) is 2.08. The molecule has 1 heterocycles. The van der Waals surface area contributed by atoms with Crippen LogP contribution in [0.3, 0.4) is 0 Å². The monoisotopic (exact) mass is 285 g/mol. The molecule has 0 spiro atoms. The Balaban J connectivity index is 2.51. The molecular formula is C12H19N3O3S. The number of nitrogens with one attached hydrogen (secondary N) is 2. The SMILES string of the molecule is CC(NC(=O)CNC(C)(C)C)c1nc(C(=O)O)cs1. The van der Waals surface area contributed by atoms with Crippen LogP contribution in [-0.2, 0) is 4.79 Å². The average molecular weight is 285 g/mol. The van der Waals surface area contributed by atoms with Gasteiger partial charge in [-0.15, -0.1) is 11.3 Å². The lowest BCUT2D eigenvalue weighted by Gasteiger charge is -2.20. The minimum atomic E-state index is -1.06. The Bertz CT molecular complexity index is 465. The van der Waals surface area contributed by atoms with Gasteiger partial charge in [-0.1, -0.05) is 0 Å². The molecule has 6 nitrogen and oxygen atoms in total. The van der Waals surface area contributed by atoms with Crippen LogP contribution in [-0.4, -0.2) is 34.1 Å². The number of carboxylic acid groups (broad SMARTS) is 1. The Morgan fingerprint density at radius 2 is 2.11 bits per heavy atom. The number of aromatic nitrogens is 1. The summed E-state index contributed by atoms with van der Waals surface area (Å²) in [4.78, 5) is 26.4. The molecule has 1 rings (SSSR count). The summed E-state index contributed by atoms with van der Waals surface area (Å²) in [7, 11) is 0. The molecular weight excluding hydrogens is 266 g/mol. The van der Waals surface area contributed by atoms with Gasteiger partial charge in [0.1, 0.15) is 5.01 Å². The van der Waals surface area contributed by atoms with Crippen LogP contribution in [0.5, 0.6) is 0 Å². The first-order chi connectivity index (χ1) is 8.69. The van der Waals surface area contributed by atoms with Gasteiger partial charge in [-0.25, -0.2) is 9.78 Å². The first kappa shape index (κ1) is 15.6. The second kappa shape index (κ2) is 6.12. The molecule has 19 heavy (non-hydrogen) atoms. The minimum absolute atomic E-state index is 0.00826. The highest BCUT2D eigenvalue weighted by Gasteiger charge is 2.17. The van der Waals surface area contributed by atoms with Gasteiger partial charge in [-0.2, -0.15) is 0 Å². The normalized spacial score (nSPS) is 13.1. The number of thiazole rings is 1. The largest absolute Gasteiger partial charge is 0.476 e. The minimum Gasteiger partial charge on any atom is -0.476 e. The van der Waals surface area contributed by atoms with E-state index in [0.717, 1.165) is 0 Å². The predicted molar refractivity (Wildman–Crippen MR) is 73.4 cm³/mol. The number of aromatic carboxylic acids is 1. The van der Waals surface area contributed by atoms with Crippen molar-refractivity contribution in [3.8, 4) is 0 Å². The fraction of sp³-hybridized carbons (Fsp3) is 0.583. The molecule has 1 aromatic heterocycles. The highest BCUT2D eigenvalue weighted by atomic mass is 32.1. The van der Waals surface area contributed by atoms with Gasteiger partial charge in [0, 0.05) is 10.9 Å². The summed E-state index contributed by atoms with van der Waals surface area (Å²) in [5.74, 6) is -1.20. The topological polar surface area (TPSA) is 91.3 Å². The molecule has 1 atom stereocenters. The maximum absolute atomic E-state index is 11.7. The molecule has 1 unspecified atom stereocenters. The lowest BCUT2D eigenvalue weighted by Crippen LogP contribution is -2.43. The van der Waals surface area contributed by atoms with E-state index in [1.807, 2.05) is 20.8 Å². The smallest absolute Gasteiger partial charge is 0.355 e. The van der Waals surface area contributed by atoms with Gasteiger partial charge < -0.3 is 15.7 Å². The standard InChI is InChI=1S/C12H19N3O3S/c1-7(10-15-8(6-19-10)11(17)18)14-9(16)5-13-12(2,3)4/h6-7,13H,5H2,1-4H3,(H,14,16)(H,17,18). The fourth-order valence-electron chi connectivity index (χ4n) is 1.28. The number of hydrogen-bond acceptors (Lipinski definition) is 5. The number of carboxylic acids is 1. The van der Waals surface area contributed by atoms with Crippen molar-refractivity contribution < 1.29 is 14.7 Å². The summed E-state index contributed by atoms with van der Waals surface area (Å²) in [6, 6.07) is -0.299. The lowest BCUT2D eigenvalue weighted by atomic mass is 10.1. The van der Waals surface area contributed by atoms with E-state index >= 15 is 0 Å². The van der Waals surface area contributed by atoms with Crippen LogP contribution in [0.4, 0.5) is 0 Å². The quantitative estimate of drug-likeness (QED) is 0.761. The van der Waals surface area contributed by atoms with Crippen molar-refractivity contribution >= 4 is 23.2 Å². The molecule has 0 aromatic carbocycles. The van der Waals surface area contributed by atoms with E-state index in [0.29, 0.717) is 5.01 Å². The average Bonchev–Trinajstić information content (AvgIpc) is 2.74. The summed E-state index contributed by atoms with van der Waals surface area (Å²) < 4.78 is 0. The van der Waals surface area contributed by atoms with Crippen molar-refractivity contribution in [3.05, 3.63) is 16.1 Å². The van der Waals surface area contributed by atoms with Crippen LogP contribution >= 0.6 is 11.3 Å². The van der Waals surface area contributed by atoms with Gasteiger partial charge in [0.25, 0.3) is 0 Å². The zero-order chi connectivity index (χ0) is 14.6. The van der Waals surface area contributed by atoms with Crippen molar-refractivity contribution in [2.24, 2.45) is 0 Å². The molecule has 0 aliphatic rings. The van der Waals surface area contributed by atoms with E-state index in [1.54, 1.807) is 6.92 Å². The van der Waals surface area contributed by atoms with Crippen LogP contribution in [0, 0.1) is 0 Å². The van der Waals surface area contributed by atoms with Crippen molar-refractivity contribution in [2.45, 2.75) is 39.3 Å². The number of nitrogens with zero attached hydrogens (tertiary/aromatic N) is 1. The number of amides is 1. The summed E-state index contributed by atoms with van der Waals surface area (Å²) >= 11 is 1.22. The van der Waals surface area contributed by atoms with Gasteiger partial charge in [-0.05, 0) is 27.7 Å². The summed E-state index contributed by atoms with van der Waals surface area (Å²) in [6.07, 6.45) is 0. The van der Waals surface area contributed by atoms with Crippen molar-refractivity contribution in [1.82, 2.24) is 15.6 Å². The molecule has 0 radical (unpaired) electrons. The number of carbonyl (C=O) groups is 2. The zero-order valence-electron chi connectivity index (χ0n) is 11.5. The van der Waals surface area contributed by atoms with Crippen LogP contribution < -0.4 is 10.6 Å². The van der Waals surface area contributed by atoms with Crippen LogP contribution in [0.2, 0.25) is 0 Å². The van der Waals surface area contributed by atoms with E-state index in [2.05, 4.69) is 15.6 Å². The van der Waals surface area contributed by atoms with Gasteiger partial charge in [-0.3, -0.25) is 4.79 Å². The second-order valence-electron chi connectivity index (χ2n) is 5.27. The maximum atomic E-state index is 11.7. The molecule has 0 saturated heterocycles. The first-order valence-corrected chi connectivity index (χ1v) is 6.80. The van der Waals surface area contributed by atoms with E-state index < -0.39 is 5.97 Å². The Labute approximate surface area is 116 Å². The van der Waals surface area contributed by atoms with E-state index in [-0.39, 0.29) is 29.7 Å². The molecule has 3 N–H and O–H groups in total. The Hall–Kier alpha value is -1.47. The van der Waals surface area contributed by atoms with Gasteiger partial charge in [0.2, 0.25) is 5.91 Å². The van der Waals surface area contributed by atoms with E-state index in [4.69, 9.17) is 5.11 Å². The third kappa shape index (κ3) is 5.35. The lowest BCUT2D eigenvalue weighted by molar-refractivity contribution is -0.121. The highest BCUT2D eigenvalue weighted by molar-refractivity contribution is 7.09. The molecule has 0 aliphatic carbocycles. The van der Waals surface area contributed by atoms with Gasteiger partial charge in [0.15, 0.2) is 5.69 Å². The first-order valence-electron chi connectivity index (χ1n) is 5.92. The highest BCUT2D eigenvalue weighted by Crippen LogP contribution is 2.17. The Kier molecular flexibility index (Phi) is 5.02. The summed E-state index contributed by atoms with van der Waals surface area (Å²) in [6.45, 7) is 7.92. The molecule has 7 heteroatoms. The Morgan fingerprint density at radius 3 is 2.58 bits per heavy atom. The van der Waals surface area contributed by atoms with Crippen molar-refractivity contribution in [3.63, 3.8) is 0 Å². The van der Waals surface area contributed by atoms with Crippen LogP contribution in [0.1, 0.15) is 49.2 Å². The van der Waals surface area contributed by atoms with Crippen molar-refractivity contribution in [1.29, 1.82) is 0 Å². The molecule has 0 saturated carbocycles. The molecule has 1 amide bonds. The van der Waals surface area contributed by atoms with E-state index in [1.165, 1.54) is 16.7 Å². The van der Waals surface area contributed by atoms with E-state index in [9.17, 15) is 9.59 Å². The van der Waals surface area contributed by atoms with Gasteiger partial charge >= 0.3 is 5.97 Å². The van der Waals surface area contributed by atoms with Gasteiger partial charge in [0.05, 0.1) is 12.6 Å². The number of hydrogen-bond donors (Lipinski definition) is 3. The third-order valence-corrected chi connectivity index (χ3v) is 3.30.